The lowest BCUT2D eigenvalue weighted by molar-refractivity contribution is 1.01. The van der Waals surface area contributed by atoms with E-state index in [2.05, 4.69) is 161 Å². The van der Waals surface area contributed by atoms with Gasteiger partial charge in [0.1, 0.15) is 0 Å². The van der Waals surface area contributed by atoms with Crippen molar-refractivity contribution in [2.24, 2.45) is 0 Å². The summed E-state index contributed by atoms with van der Waals surface area (Å²) in [6.07, 6.45) is 0. The first-order chi connectivity index (χ1) is 24.3. The van der Waals surface area contributed by atoms with Crippen molar-refractivity contribution in [3.05, 3.63) is 158 Å². The predicted molar refractivity (Wildman–Crippen MR) is 207 cm³/mol. The molecule has 7 aromatic carbocycles. The molecule has 4 aromatic heterocycles. The highest BCUT2D eigenvalue weighted by Crippen LogP contribution is 2.45. The number of fused-ring (bicyclic) bond motifs is 11. The molecule has 0 spiro atoms. The van der Waals surface area contributed by atoms with Gasteiger partial charge in [-0.05, 0) is 42.5 Å². The van der Waals surface area contributed by atoms with E-state index in [9.17, 15) is 0 Å². The second kappa shape index (κ2) is 10.1. The molecule has 11 rings (SSSR count). The van der Waals surface area contributed by atoms with E-state index >= 15 is 0 Å². The van der Waals surface area contributed by atoms with Crippen molar-refractivity contribution in [1.29, 1.82) is 0 Å². The fourth-order valence-electron chi connectivity index (χ4n) is 7.78. The van der Waals surface area contributed by atoms with Gasteiger partial charge in [-0.3, -0.25) is 4.57 Å². The Morgan fingerprint density at radius 2 is 1.06 bits per heavy atom. The van der Waals surface area contributed by atoms with Gasteiger partial charge in [0.15, 0.2) is 0 Å². The van der Waals surface area contributed by atoms with Crippen LogP contribution in [0, 0.1) is 0 Å². The van der Waals surface area contributed by atoms with Crippen molar-refractivity contribution in [3.8, 4) is 22.9 Å². The van der Waals surface area contributed by atoms with Crippen LogP contribution in [0.1, 0.15) is 0 Å². The number of hydrogen-bond donors (Lipinski definition) is 0. The minimum absolute atomic E-state index is 0.677. The Morgan fingerprint density at radius 3 is 1.86 bits per heavy atom. The Balaban J connectivity index is 1.25. The number of nitrogens with zero attached hydrogens (tertiary/aromatic N) is 4. The molecular formula is C44H26N4S. The smallest absolute Gasteiger partial charge is 0.235 e. The van der Waals surface area contributed by atoms with Gasteiger partial charge in [-0.1, -0.05) is 115 Å². The van der Waals surface area contributed by atoms with E-state index in [0.29, 0.717) is 5.95 Å². The van der Waals surface area contributed by atoms with Crippen molar-refractivity contribution >= 4 is 86.0 Å². The second-order valence-electron chi connectivity index (χ2n) is 12.6. The maximum absolute atomic E-state index is 5.30. The number of thiophene rings is 1. The molecule has 0 bridgehead atoms. The molecule has 0 radical (unpaired) electrons. The highest BCUT2D eigenvalue weighted by atomic mass is 32.1. The predicted octanol–water partition coefficient (Wildman–Crippen LogP) is 11.9. The molecule has 11 aromatic rings. The first-order valence-corrected chi connectivity index (χ1v) is 17.3. The zero-order valence-electron chi connectivity index (χ0n) is 26.2. The van der Waals surface area contributed by atoms with Crippen molar-refractivity contribution in [3.63, 3.8) is 0 Å². The summed E-state index contributed by atoms with van der Waals surface area (Å²) in [5.74, 6) is 0.677. The van der Waals surface area contributed by atoms with Crippen molar-refractivity contribution in [1.82, 2.24) is 19.1 Å². The van der Waals surface area contributed by atoms with Crippen LogP contribution < -0.4 is 0 Å². The Morgan fingerprint density at radius 1 is 0.429 bits per heavy atom. The topological polar surface area (TPSA) is 35.6 Å². The minimum Gasteiger partial charge on any atom is -0.308 e. The first kappa shape index (κ1) is 26.7. The third-order valence-electron chi connectivity index (χ3n) is 9.92. The van der Waals surface area contributed by atoms with E-state index in [-0.39, 0.29) is 0 Å². The molecule has 0 atom stereocenters. The van der Waals surface area contributed by atoms with Crippen LogP contribution in [-0.2, 0) is 0 Å². The monoisotopic (exact) mass is 642 g/mol. The Bertz CT molecular complexity index is 3100. The standard InChI is InChI=1S/C44H26N4S/c1-3-13-27(14-4-1)41-33-19-7-10-20-36(33)45-44(46-41)48-38-22-12-9-18-30(38)34-25-35-32-24-23-31-29-17-8-11-21-37(29)47(28-15-5-2-6-16-28)42(31)43(32)49-40(35)26-39(34)48/h1-26H. The fourth-order valence-corrected chi connectivity index (χ4v) is 9.04. The molecule has 0 aliphatic carbocycles. The lowest BCUT2D eigenvalue weighted by atomic mass is 10.1. The van der Waals surface area contributed by atoms with Crippen LogP contribution in [-0.4, -0.2) is 19.1 Å². The third kappa shape index (κ3) is 3.79. The van der Waals surface area contributed by atoms with Crippen LogP contribution >= 0.6 is 11.3 Å². The number of aromatic nitrogens is 4. The summed E-state index contributed by atoms with van der Waals surface area (Å²) in [6.45, 7) is 0. The molecule has 0 saturated heterocycles. The normalized spacial score (nSPS) is 12.1. The van der Waals surface area contributed by atoms with Crippen molar-refractivity contribution < 1.29 is 0 Å². The fraction of sp³-hybridized carbons (Fsp3) is 0. The molecule has 0 saturated carbocycles. The number of hydrogen-bond acceptors (Lipinski definition) is 3. The molecule has 0 unspecified atom stereocenters. The number of benzene rings is 7. The first-order valence-electron chi connectivity index (χ1n) is 16.5. The third-order valence-corrected chi connectivity index (χ3v) is 11.1. The lowest BCUT2D eigenvalue weighted by Gasteiger charge is -2.11. The van der Waals surface area contributed by atoms with Crippen LogP contribution in [0.5, 0.6) is 0 Å². The van der Waals surface area contributed by atoms with Crippen LogP contribution in [0.15, 0.2) is 158 Å². The van der Waals surface area contributed by atoms with E-state index in [1.165, 1.54) is 58.4 Å². The van der Waals surface area contributed by atoms with Gasteiger partial charge in [0.2, 0.25) is 5.95 Å². The SMILES string of the molecule is c1ccc(-c2nc(-n3c4ccccc4c4cc5c(cc43)sc3c5ccc4c5ccccc5n(-c5ccccc5)c43)nc3ccccc23)cc1. The zero-order valence-corrected chi connectivity index (χ0v) is 27.0. The van der Waals surface area contributed by atoms with Gasteiger partial charge < -0.3 is 4.57 Å². The Hall–Kier alpha value is -6.30. The quantitative estimate of drug-likeness (QED) is 0.192. The van der Waals surface area contributed by atoms with E-state index in [0.717, 1.165) is 33.2 Å². The maximum Gasteiger partial charge on any atom is 0.235 e. The van der Waals surface area contributed by atoms with Gasteiger partial charge in [-0.15, -0.1) is 11.3 Å². The van der Waals surface area contributed by atoms with Crippen LogP contribution in [0.25, 0.3) is 97.6 Å². The molecule has 4 heterocycles. The summed E-state index contributed by atoms with van der Waals surface area (Å²) in [5, 5.41) is 8.52. The molecule has 228 valence electrons. The van der Waals surface area contributed by atoms with E-state index in [1.54, 1.807) is 0 Å². The highest BCUT2D eigenvalue weighted by molar-refractivity contribution is 7.26. The van der Waals surface area contributed by atoms with E-state index < -0.39 is 0 Å². The Kier molecular flexibility index (Phi) is 5.51. The second-order valence-corrected chi connectivity index (χ2v) is 13.7. The average Bonchev–Trinajstić information content (AvgIpc) is 3.81. The van der Waals surface area contributed by atoms with Gasteiger partial charge in [-0.2, -0.15) is 0 Å². The average molecular weight is 643 g/mol. The van der Waals surface area contributed by atoms with Gasteiger partial charge in [-0.25, -0.2) is 9.97 Å². The minimum atomic E-state index is 0.677. The van der Waals surface area contributed by atoms with E-state index in [1.807, 2.05) is 17.4 Å². The molecule has 49 heavy (non-hydrogen) atoms. The van der Waals surface area contributed by atoms with E-state index in [4.69, 9.17) is 9.97 Å². The van der Waals surface area contributed by atoms with Crippen molar-refractivity contribution in [2.75, 3.05) is 0 Å². The zero-order chi connectivity index (χ0) is 32.1. The molecule has 0 fully saturated rings. The van der Waals surface area contributed by atoms with Crippen molar-refractivity contribution in [2.45, 2.75) is 0 Å². The van der Waals surface area contributed by atoms with Gasteiger partial charge in [0, 0.05) is 53.7 Å². The largest absolute Gasteiger partial charge is 0.308 e. The van der Waals surface area contributed by atoms with Gasteiger partial charge >= 0.3 is 0 Å². The maximum atomic E-state index is 5.30. The van der Waals surface area contributed by atoms with Crippen LogP contribution in [0.2, 0.25) is 0 Å². The van der Waals surface area contributed by atoms with Crippen LogP contribution in [0.3, 0.4) is 0 Å². The lowest BCUT2D eigenvalue weighted by Crippen LogP contribution is -2.03. The van der Waals surface area contributed by atoms with Gasteiger partial charge in [0.05, 0.1) is 38.0 Å². The number of rotatable bonds is 3. The summed E-state index contributed by atoms with van der Waals surface area (Å²) in [4.78, 5) is 10.5. The summed E-state index contributed by atoms with van der Waals surface area (Å²) < 4.78 is 7.23. The van der Waals surface area contributed by atoms with Crippen LogP contribution in [0.4, 0.5) is 0 Å². The van der Waals surface area contributed by atoms with Gasteiger partial charge in [0.25, 0.3) is 0 Å². The Labute approximate surface area is 284 Å². The summed E-state index contributed by atoms with van der Waals surface area (Å²) in [5.41, 5.74) is 8.79. The molecular weight excluding hydrogens is 617 g/mol. The molecule has 0 N–H and O–H groups in total. The highest BCUT2D eigenvalue weighted by Gasteiger charge is 2.21. The molecule has 0 aliphatic rings. The summed E-state index contributed by atoms with van der Waals surface area (Å²) >= 11 is 1.87. The summed E-state index contributed by atoms with van der Waals surface area (Å²) in [6, 6.07) is 56.2. The molecule has 5 heteroatoms. The number of para-hydroxylation sites is 4. The molecule has 0 amide bonds. The molecule has 0 aliphatic heterocycles. The molecule has 4 nitrogen and oxygen atoms in total. The summed E-state index contributed by atoms with van der Waals surface area (Å²) in [7, 11) is 0.